The number of carbonyl (C=O) groups excluding carboxylic acids is 1. The van der Waals surface area contributed by atoms with Gasteiger partial charge in [0.15, 0.2) is 5.11 Å². The summed E-state index contributed by atoms with van der Waals surface area (Å²) >= 11 is 5.21. The Bertz CT molecular complexity index is 752. The third-order valence-corrected chi connectivity index (χ3v) is 4.74. The fourth-order valence-electron chi connectivity index (χ4n) is 2.36. The molecule has 1 unspecified atom stereocenters. The van der Waals surface area contributed by atoms with Gasteiger partial charge in [0.05, 0.1) is 12.8 Å². The third kappa shape index (κ3) is 6.43. The SMILES string of the molecule is CCC(C)N(C(=O)CCc1ccc(OC)c(NS(=O)(=O)O)c1)C(=S)NC. The van der Waals surface area contributed by atoms with Crippen molar-refractivity contribution in [1.29, 1.82) is 0 Å². The molecule has 1 aromatic rings. The number of nitrogens with zero attached hydrogens (tertiary/aromatic N) is 1. The molecule has 0 aliphatic heterocycles. The van der Waals surface area contributed by atoms with Crippen molar-refractivity contribution in [2.75, 3.05) is 18.9 Å². The molecule has 0 aliphatic rings. The number of aryl methyl sites for hydroxylation is 1. The summed E-state index contributed by atoms with van der Waals surface area (Å²) in [5, 5.41) is 3.19. The Morgan fingerprint density at radius 1 is 1.42 bits per heavy atom. The third-order valence-electron chi connectivity index (χ3n) is 3.86. The Balaban J connectivity index is 2.93. The number of thiocarbonyl (C=S) groups is 1. The van der Waals surface area contributed by atoms with E-state index in [1.807, 2.05) is 18.6 Å². The van der Waals surface area contributed by atoms with Gasteiger partial charge in [0.25, 0.3) is 0 Å². The lowest BCUT2D eigenvalue weighted by atomic mass is 10.1. The molecule has 0 saturated carbocycles. The molecule has 0 bridgehead atoms. The zero-order chi connectivity index (χ0) is 19.9. The first kappa shape index (κ1) is 22.1. The molecular weight excluding hydrogens is 378 g/mol. The van der Waals surface area contributed by atoms with Gasteiger partial charge in [-0.25, -0.2) is 0 Å². The van der Waals surface area contributed by atoms with E-state index in [9.17, 15) is 13.2 Å². The number of carbonyl (C=O) groups is 1. The van der Waals surface area contributed by atoms with Crippen LogP contribution in [0.2, 0.25) is 0 Å². The molecular formula is C16H25N3O5S2. The van der Waals surface area contributed by atoms with Crippen molar-refractivity contribution < 1.29 is 22.5 Å². The quantitative estimate of drug-likeness (QED) is 0.450. The number of rotatable bonds is 8. The average molecular weight is 404 g/mol. The molecule has 0 fully saturated rings. The molecule has 146 valence electrons. The van der Waals surface area contributed by atoms with E-state index in [4.69, 9.17) is 21.5 Å². The summed E-state index contributed by atoms with van der Waals surface area (Å²) in [6.07, 6.45) is 1.34. The summed E-state index contributed by atoms with van der Waals surface area (Å²) < 4.78 is 38.1. The first-order valence-corrected chi connectivity index (χ1v) is 9.93. The van der Waals surface area contributed by atoms with Gasteiger partial charge in [-0.15, -0.1) is 0 Å². The van der Waals surface area contributed by atoms with E-state index >= 15 is 0 Å². The van der Waals surface area contributed by atoms with Gasteiger partial charge in [-0.3, -0.25) is 19.0 Å². The standard InChI is InChI=1S/C16H25N3O5S2/c1-5-11(2)19(16(25)17-3)15(20)9-7-12-6-8-14(24-4)13(10-12)18-26(21,22)23/h6,8,10-11,18H,5,7,9H2,1-4H3,(H,17,25)(H,21,22,23). The highest BCUT2D eigenvalue weighted by atomic mass is 32.2. The molecule has 0 radical (unpaired) electrons. The fraction of sp³-hybridized carbons (Fsp3) is 0.500. The van der Waals surface area contributed by atoms with Crippen molar-refractivity contribution in [3.63, 3.8) is 0 Å². The van der Waals surface area contributed by atoms with Gasteiger partial charge in [-0.1, -0.05) is 13.0 Å². The zero-order valence-corrected chi connectivity index (χ0v) is 16.9. The lowest BCUT2D eigenvalue weighted by molar-refractivity contribution is -0.128. The minimum atomic E-state index is -4.43. The first-order valence-electron chi connectivity index (χ1n) is 8.08. The number of hydrogen-bond acceptors (Lipinski definition) is 5. The minimum absolute atomic E-state index is 0.0323. The highest BCUT2D eigenvalue weighted by Crippen LogP contribution is 2.27. The number of ether oxygens (including phenoxy) is 1. The van der Waals surface area contributed by atoms with E-state index in [0.29, 0.717) is 17.1 Å². The van der Waals surface area contributed by atoms with Crippen molar-refractivity contribution in [3.8, 4) is 5.75 Å². The minimum Gasteiger partial charge on any atom is -0.495 e. The highest BCUT2D eigenvalue weighted by molar-refractivity contribution is 7.87. The maximum Gasteiger partial charge on any atom is 0.357 e. The number of nitrogens with one attached hydrogen (secondary N) is 2. The Morgan fingerprint density at radius 3 is 2.58 bits per heavy atom. The largest absolute Gasteiger partial charge is 0.495 e. The second-order valence-corrected chi connectivity index (χ2v) is 7.23. The van der Waals surface area contributed by atoms with Crippen LogP contribution in [0.3, 0.4) is 0 Å². The average Bonchev–Trinajstić information content (AvgIpc) is 2.58. The van der Waals surface area contributed by atoms with Crippen molar-refractivity contribution in [2.45, 2.75) is 39.2 Å². The van der Waals surface area contributed by atoms with Crippen LogP contribution in [0.15, 0.2) is 18.2 Å². The number of methoxy groups -OCH3 is 1. The maximum absolute atomic E-state index is 12.6. The summed E-state index contributed by atoms with van der Waals surface area (Å²) in [4.78, 5) is 14.1. The van der Waals surface area contributed by atoms with Crippen molar-refractivity contribution in [3.05, 3.63) is 23.8 Å². The number of benzene rings is 1. The van der Waals surface area contributed by atoms with Crippen LogP contribution >= 0.6 is 12.2 Å². The zero-order valence-electron chi connectivity index (χ0n) is 15.3. The molecule has 1 aromatic carbocycles. The highest BCUT2D eigenvalue weighted by Gasteiger charge is 2.22. The van der Waals surface area contributed by atoms with Crippen LogP contribution in [-0.2, 0) is 21.5 Å². The monoisotopic (exact) mass is 403 g/mol. The molecule has 1 atom stereocenters. The Labute approximate surface area is 159 Å². The van der Waals surface area contributed by atoms with Gasteiger partial charge in [-0.2, -0.15) is 8.42 Å². The van der Waals surface area contributed by atoms with Crippen molar-refractivity contribution >= 4 is 39.2 Å². The van der Waals surface area contributed by atoms with Crippen molar-refractivity contribution in [1.82, 2.24) is 10.2 Å². The van der Waals surface area contributed by atoms with Gasteiger partial charge in [-0.05, 0) is 49.7 Å². The summed E-state index contributed by atoms with van der Waals surface area (Å²) in [5.41, 5.74) is 0.814. The van der Waals surface area contributed by atoms with Gasteiger partial charge in [0.2, 0.25) is 5.91 Å². The number of hydrogen-bond donors (Lipinski definition) is 3. The molecule has 0 saturated heterocycles. The summed E-state index contributed by atoms with van der Waals surface area (Å²) in [6, 6.07) is 4.78. The second kappa shape index (κ2) is 9.70. The van der Waals surface area contributed by atoms with Crippen LogP contribution in [0.1, 0.15) is 32.3 Å². The molecule has 0 aliphatic carbocycles. The predicted octanol–water partition coefficient (Wildman–Crippen LogP) is 1.97. The smallest absolute Gasteiger partial charge is 0.357 e. The summed E-state index contributed by atoms with van der Waals surface area (Å²) in [5.74, 6) is 0.133. The predicted molar refractivity (Wildman–Crippen MR) is 105 cm³/mol. The molecule has 8 nitrogen and oxygen atoms in total. The molecule has 0 heterocycles. The number of amides is 1. The Kier molecular flexibility index (Phi) is 8.25. The molecule has 3 N–H and O–H groups in total. The molecule has 26 heavy (non-hydrogen) atoms. The van der Waals surface area contributed by atoms with E-state index in [1.165, 1.54) is 13.2 Å². The number of anilines is 1. The second-order valence-electron chi connectivity index (χ2n) is 5.69. The van der Waals surface area contributed by atoms with Gasteiger partial charge in [0.1, 0.15) is 5.75 Å². The van der Waals surface area contributed by atoms with Crippen LogP contribution in [0.5, 0.6) is 5.75 Å². The van der Waals surface area contributed by atoms with Crippen LogP contribution in [-0.4, -0.2) is 49.1 Å². The van der Waals surface area contributed by atoms with Crippen LogP contribution < -0.4 is 14.8 Å². The summed E-state index contributed by atoms with van der Waals surface area (Å²) in [7, 11) is -1.38. The maximum atomic E-state index is 12.6. The van der Waals surface area contributed by atoms with E-state index in [2.05, 4.69) is 5.32 Å². The Morgan fingerprint density at radius 2 is 2.08 bits per heavy atom. The lowest BCUT2D eigenvalue weighted by Gasteiger charge is -2.28. The van der Waals surface area contributed by atoms with Crippen molar-refractivity contribution in [2.24, 2.45) is 0 Å². The van der Waals surface area contributed by atoms with Crippen LogP contribution in [0.4, 0.5) is 5.69 Å². The molecule has 0 aromatic heterocycles. The van der Waals surface area contributed by atoms with Crippen LogP contribution in [0.25, 0.3) is 0 Å². The van der Waals surface area contributed by atoms with E-state index in [0.717, 1.165) is 6.42 Å². The normalized spacial score (nSPS) is 12.2. The van der Waals surface area contributed by atoms with E-state index < -0.39 is 10.3 Å². The molecule has 0 spiro atoms. The van der Waals surface area contributed by atoms with Crippen LogP contribution in [0, 0.1) is 0 Å². The van der Waals surface area contributed by atoms with Gasteiger partial charge < -0.3 is 10.1 Å². The fourth-order valence-corrected chi connectivity index (χ4v) is 3.08. The topological polar surface area (TPSA) is 108 Å². The molecule has 10 heteroatoms. The van der Waals surface area contributed by atoms with Gasteiger partial charge >= 0.3 is 10.3 Å². The first-order chi connectivity index (χ1) is 12.1. The molecule has 1 rings (SSSR count). The molecule has 1 amide bonds. The summed E-state index contributed by atoms with van der Waals surface area (Å²) in [6.45, 7) is 3.89. The van der Waals surface area contributed by atoms with E-state index in [1.54, 1.807) is 24.1 Å². The van der Waals surface area contributed by atoms with E-state index in [-0.39, 0.29) is 29.8 Å². The lowest BCUT2D eigenvalue weighted by Crippen LogP contribution is -2.47. The Hall–Kier alpha value is -1.91. The van der Waals surface area contributed by atoms with Gasteiger partial charge in [0, 0.05) is 19.5 Å².